The van der Waals surface area contributed by atoms with Gasteiger partial charge in [-0.15, -0.1) is 0 Å². The Labute approximate surface area is 211 Å². The van der Waals surface area contributed by atoms with E-state index in [-0.39, 0.29) is 5.78 Å². The Hall–Kier alpha value is -3.49. The van der Waals surface area contributed by atoms with Gasteiger partial charge in [0.25, 0.3) is 5.91 Å². The van der Waals surface area contributed by atoms with Gasteiger partial charge in [0.1, 0.15) is 24.0 Å². The van der Waals surface area contributed by atoms with Gasteiger partial charge < -0.3 is 19.1 Å². The maximum absolute atomic E-state index is 13.6. The van der Waals surface area contributed by atoms with Gasteiger partial charge >= 0.3 is 0 Å². The molecule has 36 heavy (non-hydrogen) atoms. The van der Waals surface area contributed by atoms with Crippen molar-refractivity contribution in [2.75, 3.05) is 52.6 Å². The van der Waals surface area contributed by atoms with Crippen LogP contribution in [0.25, 0.3) is 0 Å². The Morgan fingerprint density at radius 3 is 2.28 bits per heavy atom. The molecule has 0 aromatic heterocycles. The molecule has 4 rings (SSSR count). The molecule has 2 fully saturated rings. The molecule has 8 nitrogen and oxygen atoms in total. The zero-order valence-corrected chi connectivity index (χ0v) is 20.6. The minimum atomic E-state index is -1.12. The number of hydrogen-bond acceptors (Lipinski definition) is 7. The van der Waals surface area contributed by atoms with Gasteiger partial charge in [-0.3, -0.25) is 19.3 Å². The molecule has 2 aromatic rings. The highest BCUT2D eigenvalue weighted by atomic mass is 16.5. The Kier molecular flexibility index (Phi) is 8.51. The van der Waals surface area contributed by atoms with Gasteiger partial charge in [-0.2, -0.15) is 0 Å². The molecule has 1 amide bonds. The number of carbonyl (C=O) groups excluding carboxylic acids is 3. The van der Waals surface area contributed by atoms with Crippen molar-refractivity contribution in [1.29, 1.82) is 0 Å². The molecule has 0 N–H and O–H groups in total. The number of Topliss-reactive ketones (excluding diaryl/α,β-unsaturated/α-hetero) is 2. The third kappa shape index (κ3) is 5.66. The molecule has 0 spiro atoms. The second-order valence-corrected chi connectivity index (χ2v) is 8.73. The molecule has 2 aliphatic heterocycles. The van der Waals surface area contributed by atoms with Crippen LogP contribution in [0.2, 0.25) is 0 Å². The standard InChI is InChI=1S/C28H32N2O6/c1-3-17-36-23-9-5-20(6-10-23)25-24(26(31)21-7-11-22(12-8-21)35-4-2)27(32)28(33)30(25)14-13-29-15-18-34-19-16-29/h3,5-12,24-25H,1,4,13-19H2,2H3. The number of rotatable bonds is 11. The lowest BCUT2D eigenvalue weighted by Gasteiger charge is -2.31. The Balaban J connectivity index is 1.63. The third-order valence-corrected chi connectivity index (χ3v) is 6.49. The first-order valence-corrected chi connectivity index (χ1v) is 12.3. The second-order valence-electron chi connectivity index (χ2n) is 8.73. The number of benzene rings is 2. The van der Waals surface area contributed by atoms with Crippen molar-refractivity contribution in [3.05, 3.63) is 72.3 Å². The van der Waals surface area contributed by atoms with Crippen LogP contribution in [0.1, 0.15) is 28.9 Å². The largest absolute Gasteiger partial charge is 0.494 e. The molecule has 2 aliphatic rings. The molecular weight excluding hydrogens is 460 g/mol. The Bertz CT molecular complexity index is 1080. The Morgan fingerprint density at radius 1 is 1.00 bits per heavy atom. The third-order valence-electron chi connectivity index (χ3n) is 6.49. The van der Waals surface area contributed by atoms with Crippen LogP contribution >= 0.6 is 0 Å². The summed E-state index contributed by atoms with van der Waals surface area (Å²) in [7, 11) is 0. The summed E-state index contributed by atoms with van der Waals surface area (Å²) in [6.45, 7) is 10.2. The Morgan fingerprint density at radius 2 is 1.64 bits per heavy atom. The normalized spacial score (nSPS) is 20.4. The average molecular weight is 493 g/mol. The quantitative estimate of drug-likeness (QED) is 0.206. The summed E-state index contributed by atoms with van der Waals surface area (Å²) in [5.74, 6) is -1.51. The molecule has 2 heterocycles. The van der Waals surface area contributed by atoms with E-state index < -0.39 is 23.7 Å². The van der Waals surface area contributed by atoms with Crippen molar-refractivity contribution in [1.82, 2.24) is 9.80 Å². The SMILES string of the molecule is C=CCOc1ccc(C2C(C(=O)c3ccc(OCC)cc3)C(=O)C(=O)N2CCN2CCOCC2)cc1. The topological polar surface area (TPSA) is 85.4 Å². The van der Waals surface area contributed by atoms with E-state index in [2.05, 4.69) is 11.5 Å². The van der Waals surface area contributed by atoms with Crippen molar-refractivity contribution in [3.8, 4) is 11.5 Å². The highest BCUT2D eigenvalue weighted by Crippen LogP contribution is 2.38. The molecule has 2 saturated heterocycles. The molecule has 8 heteroatoms. The van der Waals surface area contributed by atoms with Crippen molar-refractivity contribution in [2.24, 2.45) is 5.92 Å². The van der Waals surface area contributed by atoms with E-state index in [4.69, 9.17) is 14.2 Å². The second kappa shape index (κ2) is 12.0. The summed E-state index contributed by atoms with van der Waals surface area (Å²) in [6, 6.07) is 13.2. The smallest absolute Gasteiger partial charge is 0.291 e. The predicted octanol–water partition coefficient (Wildman–Crippen LogP) is 2.93. The zero-order chi connectivity index (χ0) is 25.5. The number of morpholine rings is 1. The lowest BCUT2D eigenvalue weighted by atomic mass is 9.86. The fourth-order valence-electron chi connectivity index (χ4n) is 4.65. The molecule has 190 valence electrons. The number of carbonyl (C=O) groups is 3. The van der Waals surface area contributed by atoms with E-state index in [1.807, 2.05) is 19.1 Å². The van der Waals surface area contributed by atoms with Gasteiger partial charge in [0.15, 0.2) is 5.78 Å². The summed E-state index contributed by atoms with van der Waals surface area (Å²) < 4.78 is 16.5. The summed E-state index contributed by atoms with van der Waals surface area (Å²) in [4.78, 5) is 43.8. The van der Waals surface area contributed by atoms with E-state index in [0.29, 0.717) is 62.1 Å². The van der Waals surface area contributed by atoms with Crippen molar-refractivity contribution in [2.45, 2.75) is 13.0 Å². The summed E-state index contributed by atoms with van der Waals surface area (Å²) in [6.07, 6.45) is 1.65. The van der Waals surface area contributed by atoms with Gasteiger partial charge in [0, 0.05) is 31.7 Å². The highest BCUT2D eigenvalue weighted by molar-refractivity contribution is 6.44. The molecule has 2 unspecified atom stereocenters. The zero-order valence-electron chi connectivity index (χ0n) is 20.6. The molecule has 0 bridgehead atoms. The summed E-state index contributed by atoms with van der Waals surface area (Å²) in [5, 5.41) is 0. The first kappa shape index (κ1) is 25.6. The molecule has 0 aliphatic carbocycles. The number of ketones is 2. The summed E-state index contributed by atoms with van der Waals surface area (Å²) in [5.41, 5.74) is 1.09. The molecule has 2 atom stereocenters. The van der Waals surface area contributed by atoms with Crippen LogP contribution in [0.3, 0.4) is 0 Å². The van der Waals surface area contributed by atoms with Crippen LogP contribution in [0.5, 0.6) is 11.5 Å². The predicted molar refractivity (Wildman–Crippen MR) is 134 cm³/mol. The van der Waals surface area contributed by atoms with Crippen molar-refractivity contribution in [3.63, 3.8) is 0 Å². The number of nitrogens with zero attached hydrogens (tertiary/aromatic N) is 2. The number of ether oxygens (including phenoxy) is 3. The molecule has 0 saturated carbocycles. The van der Waals surface area contributed by atoms with Gasteiger partial charge in [-0.05, 0) is 48.9 Å². The lowest BCUT2D eigenvalue weighted by Crippen LogP contribution is -2.42. The highest BCUT2D eigenvalue weighted by Gasteiger charge is 2.51. The van der Waals surface area contributed by atoms with Crippen molar-refractivity contribution >= 4 is 17.5 Å². The number of hydrogen-bond donors (Lipinski definition) is 0. The van der Waals surface area contributed by atoms with E-state index in [1.165, 1.54) is 0 Å². The first-order valence-electron chi connectivity index (χ1n) is 12.3. The fourth-order valence-corrected chi connectivity index (χ4v) is 4.65. The van der Waals surface area contributed by atoms with Crippen LogP contribution in [0, 0.1) is 5.92 Å². The lowest BCUT2D eigenvalue weighted by molar-refractivity contribution is -0.141. The minimum Gasteiger partial charge on any atom is -0.494 e. The van der Waals surface area contributed by atoms with Gasteiger partial charge in [0.05, 0.1) is 25.9 Å². The maximum Gasteiger partial charge on any atom is 0.291 e. The van der Waals surface area contributed by atoms with Gasteiger partial charge in [-0.1, -0.05) is 24.8 Å². The fraction of sp³-hybridized carbons (Fsp3) is 0.393. The van der Waals surface area contributed by atoms with E-state index in [9.17, 15) is 14.4 Å². The maximum atomic E-state index is 13.6. The minimum absolute atomic E-state index is 0.344. The number of amides is 1. The van der Waals surface area contributed by atoms with Crippen LogP contribution in [-0.4, -0.2) is 79.9 Å². The summed E-state index contributed by atoms with van der Waals surface area (Å²) >= 11 is 0. The van der Waals surface area contributed by atoms with Crippen molar-refractivity contribution < 1.29 is 28.6 Å². The van der Waals surface area contributed by atoms with Gasteiger partial charge in [0.2, 0.25) is 5.78 Å². The number of likely N-dealkylation sites (tertiary alicyclic amines) is 1. The van der Waals surface area contributed by atoms with Crippen LogP contribution in [0.15, 0.2) is 61.2 Å². The van der Waals surface area contributed by atoms with Crippen LogP contribution in [0.4, 0.5) is 0 Å². The van der Waals surface area contributed by atoms with Gasteiger partial charge in [-0.25, -0.2) is 0 Å². The molecular formula is C28H32N2O6. The van der Waals surface area contributed by atoms with Crippen LogP contribution in [-0.2, 0) is 14.3 Å². The molecule has 2 aromatic carbocycles. The molecule has 0 radical (unpaired) electrons. The van der Waals surface area contributed by atoms with E-state index in [0.717, 1.165) is 13.1 Å². The van der Waals surface area contributed by atoms with E-state index >= 15 is 0 Å². The first-order chi connectivity index (χ1) is 17.5. The monoisotopic (exact) mass is 492 g/mol. The van der Waals surface area contributed by atoms with E-state index in [1.54, 1.807) is 47.4 Å². The van der Waals surface area contributed by atoms with Crippen LogP contribution < -0.4 is 9.47 Å². The average Bonchev–Trinajstić information content (AvgIpc) is 3.16.